The van der Waals surface area contributed by atoms with Crippen LogP contribution in [-0.2, 0) is 11.3 Å². The van der Waals surface area contributed by atoms with Gasteiger partial charge >= 0.3 is 0 Å². The van der Waals surface area contributed by atoms with Crippen LogP contribution in [0.1, 0.15) is 19.3 Å². The maximum atomic E-state index is 6.00. The number of hydrogen-bond donors (Lipinski definition) is 1. The molecule has 1 aliphatic rings. The van der Waals surface area contributed by atoms with Crippen molar-refractivity contribution in [1.29, 1.82) is 0 Å². The largest absolute Gasteiger partial charge is 0.376 e. The van der Waals surface area contributed by atoms with Gasteiger partial charge in [0, 0.05) is 12.1 Å². The fraction of sp³-hybridized carbons (Fsp3) is 0.462. The third-order valence-corrected chi connectivity index (χ3v) is 4.12. The molecule has 0 atom stereocenters. The standard InChI is InChI=1S/C13H16ClN3O/c1-18-13(5-2-6-13)8-17-11-4-3-9(14)7-10(11)16-12(17)15/h3-4,7H,2,5-6,8H2,1H3,(H2,15,16). The van der Waals surface area contributed by atoms with Crippen LogP contribution in [0.5, 0.6) is 0 Å². The van der Waals surface area contributed by atoms with Crippen molar-refractivity contribution in [2.45, 2.75) is 31.4 Å². The number of nitrogen functional groups attached to an aromatic ring is 1. The van der Waals surface area contributed by atoms with Crippen LogP contribution in [-0.4, -0.2) is 22.3 Å². The van der Waals surface area contributed by atoms with Gasteiger partial charge in [-0.25, -0.2) is 4.98 Å². The van der Waals surface area contributed by atoms with Gasteiger partial charge in [0.15, 0.2) is 0 Å². The molecule has 0 radical (unpaired) electrons. The number of halogens is 1. The number of hydrogen-bond acceptors (Lipinski definition) is 3. The van der Waals surface area contributed by atoms with Crippen LogP contribution in [0, 0.1) is 0 Å². The summed E-state index contributed by atoms with van der Waals surface area (Å²) >= 11 is 5.96. The first kappa shape index (κ1) is 11.8. The number of fused-ring (bicyclic) bond motifs is 1. The highest BCUT2D eigenvalue weighted by Gasteiger charge is 2.38. The van der Waals surface area contributed by atoms with E-state index in [-0.39, 0.29) is 5.60 Å². The number of anilines is 1. The van der Waals surface area contributed by atoms with E-state index in [0.29, 0.717) is 11.0 Å². The zero-order valence-electron chi connectivity index (χ0n) is 10.3. The van der Waals surface area contributed by atoms with E-state index in [1.807, 2.05) is 22.8 Å². The van der Waals surface area contributed by atoms with Crippen LogP contribution in [0.2, 0.25) is 5.02 Å². The van der Waals surface area contributed by atoms with E-state index in [4.69, 9.17) is 22.1 Å². The molecule has 1 aromatic heterocycles. The summed E-state index contributed by atoms with van der Waals surface area (Å²) in [4.78, 5) is 4.35. The van der Waals surface area contributed by atoms with Crippen molar-refractivity contribution < 1.29 is 4.74 Å². The van der Waals surface area contributed by atoms with Gasteiger partial charge in [0.25, 0.3) is 0 Å². The molecule has 4 nitrogen and oxygen atoms in total. The molecule has 1 aliphatic carbocycles. The highest BCUT2D eigenvalue weighted by atomic mass is 35.5. The summed E-state index contributed by atoms with van der Waals surface area (Å²) in [6, 6.07) is 5.66. The highest BCUT2D eigenvalue weighted by molar-refractivity contribution is 6.31. The summed E-state index contributed by atoms with van der Waals surface area (Å²) in [6.45, 7) is 0.757. The van der Waals surface area contributed by atoms with Crippen LogP contribution in [0.15, 0.2) is 18.2 Å². The third-order valence-electron chi connectivity index (χ3n) is 3.88. The summed E-state index contributed by atoms with van der Waals surface area (Å²) in [5.74, 6) is 0.524. The fourth-order valence-corrected chi connectivity index (χ4v) is 2.74. The lowest BCUT2D eigenvalue weighted by molar-refractivity contribution is -0.0824. The number of imidazole rings is 1. The summed E-state index contributed by atoms with van der Waals surface area (Å²) in [7, 11) is 1.77. The van der Waals surface area contributed by atoms with E-state index in [1.165, 1.54) is 6.42 Å². The second kappa shape index (κ2) is 4.14. The molecule has 0 aliphatic heterocycles. The first-order valence-corrected chi connectivity index (χ1v) is 6.48. The number of rotatable bonds is 3. The highest BCUT2D eigenvalue weighted by Crippen LogP contribution is 2.38. The van der Waals surface area contributed by atoms with Gasteiger partial charge in [-0.05, 0) is 37.5 Å². The van der Waals surface area contributed by atoms with Crippen molar-refractivity contribution in [1.82, 2.24) is 9.55 Å². The minimum Gasteiger partial charge on any atom is -0.376 e. The van der Waals surface area contributed by atoms with E-state index in [0.717, 1.165) is 30.4 Å². The molecule has 0 saturated heterocycles. The van der Waals surface area contributed by atoms with Crippen LogP contribution in [0.4, 0.5) is 5.95 Å². The van der Waals surface area contributed by atoms with Gasteiger partial charge in [-0.3, -0.25) is 0 Å². The van der Waals surface area contributed by atoms with Crippen molar-refractivity contribution in [3.05, 3.63) is 23.2 Å². The van der Waals surface area contributed by atoms with E-state index < -0.39 is 0 Å². The zero-order valence-corrected chi connectivity index (χ0v) is 11.1. The lowest BCUT2D eigenvalue weighted by Crippen LogP contribution is -2.43. The average molecular weight is 266 g/mol. The predicted octanol–water partition coefficient (Wildman–Crippen LogP) is 2.84. The third kappa shape index (κ3) is 1.76. The van der Waals surface area contributed by atoms with Crippen molar-refractivity contribution in [2.24, 2.45) is 0 Å². The van der Waals surface area contributed by atoms with E-state index >= 15 is 0 Å². The van der Waals surface area contributed by atoms with Gasteiger partial charge in [0.05, 0.1) is 23.2 Å². The molecule has 18 heavy (non-hydrogen) atoms. The Morgan fingerprint density at radius 1 is 1.50 bits per heavy atom. The number of nitrogens with two attached hydrogens (primary N) is 1. The molecule has 96 valence electrons. The number of nitrogens with zero attached hydrogens (tertiary/aromatic N) is 2. The normalized spacial score (nSPS) is 17.9. The molecule has 0 bridgehead atoms. The van der Waals surface area contributed by atoms with E-state index in [1.54, 1.807) is 7.11 Å². The van der Waals surface area contributed by atoms with Crippen molar-refractivity contribution >= 4 is 28.6 Å². The second-order valence-electron chi connectivity index (χ2n) is 4.93. The fourth-order valence-electron chi connectivity index (χ4n) is 2.57. The number of ether oxygens (including phenoxy) is 1. The second-order valence-corrected chi connectivity index (χ2v) is 5.37. The molecular formula is C13H16ClN3O. The minimum absolute atomic E-state index is 0.0681. The number of methoxy groups -OCH3 is 1. The minimum atomic E-state index is -0.0681. The summed E-state index contributed by atoms with van der Waals surface area (Å²) in [5.41, 5.74) is 7.78. The summed E-state index contributed by atoms with van der Waals surface area (Å²) in [5, 5.41) is 0.678. The Morgan fingerprint density at radius 3 is 2.89 bits per heavy atom. The molecule has 1 aromatic carbocycles. The smallest absolute Gasteiger partial charge is 0.201 e. The summed E-state index contributed by atoms with van der Waals surface area (Å²) in [6.07, 6.45) is 3.37. The maximum absolute atomic E-state index is 6.00. The molecule has 0 spiro atoms. The monoisotopic (exact) mass is 265 g/mol. The average Bonchev–Trinajstić information content (AvgIpc) is 2.59. The van der Waals surface area contributed by atoms with E-state index in [2.05, 4.69) is 4.98 Å². The SMILES string of the molecule is COC1(Cn2c(N)nc3cc(Cl)ccc32)CCC1. The molecule has 1 saturated carbocycles. The zero-order chi connectivity index (χ0) is 12.8. The van der Waals surface area contributed by atoms with E-state index in [9.17, 15) is 0 Å². The van der Waals surface area contributed by atoms with Gasteiger partial charge in [-0.15, -0.1) is 0 Å². The molecule has 1 fully saturated rings. The molecule has 5 heteroatoms. The first-order chi connectivity index (χ1) is 8.63. The van der Waals surface area contributed by atoms with Gasteiger partial charge in [-0.1, -0.05) is 11.6 Å². The Kier molecular flexibility index (Phi) is 2.72. The van der Waals surface area contributed by atoms with Crippen LogP contribution < -0.4 is 5.73 Å². The number of aromatic nitrogens is 2. The quantitative estimate of drug-likeness (QED) is 0.928. The lowest BCUT2D eigenvalue weighted by atomic mass is 9.80. The van der Waals surface area contributed by atoms with Gasteiger partial charge in [0.2, 0.25) is 5.95 Å². The Balaban J connectivity index is 2.03. The Hall–Kier alpha value is -1.26. The molecule has 3 rings (SSSR count). The van der Waals surface area contributed by atoms with Crippen molar-refractivity contribution in [3.63, 3.8) is 0 Å². The Morgan fingerprint density at radius 2 is 2.28 bits per heavy atom. The molecule has 0 unspecified atom stereocenters. The Bertz CT molecular complexity index is 584. The lowest BCUT2D eigenvalue weighted by Gasteiger charge is -2.40. The molecule has 2 N–H and O–H groups in total. The Labute approximate surface area is 111 Å². The van der Waals surface area contributed by atoms with Gasteiger partial charge in [-0.2, -0.15) is 0 Å². The van der Waals surface area contributed by atoms with Crippen molar-refractivity contribution in [3.8, 4) is 0 Å². The predicted molar refractivity (Wildman–Crippen MR) is 72.7 cm³/mol. The molecule has 1 heterocycles. The molecule has 0 amide bonds. The van der Waals surface area contributed by atoms with Crippen molar-refractivity contribution in [2.75, 3.05) is 12.8 Å². The molecular weight excluding hydrogens is 250 g/mol. The van der Waals surface area contributed by atoms with Crippen LogP contribution in [0.3, 0.4) is 0 Å². The van der Waals surface area contributed by atoms with Crippen LogP contribution >= 0.6 is 11.6 Å². The first-order valence-electron chi connectivity index (χ1n) is 6.10. The topological polar surface area (TPSA) is 53.1 Å². The van der Waals surface area contributed by atoms with Gasteiger partial charge < -0.3 is 15.0 Å². The summed E-state index contributed by atoms with van der Waals surface area (Å²) < 4.78 is 7.67. The molecule has 2 aromatic rings. The number of benzene rings is 1. The maximum Gasteiger partial charge on any atom is 0.201 e. The van der Waals surface area contributed by atoms with Gasteiger partial charge in [0.1, 0.15) is 0 Å². The van der Waals surface area contributed by atoms with Crippen LogP contribution in [0.25, 0.3) is 11.0 Å².